The minimum absolute atomic E-state index is 0.288. The van der Waals surface area contributed by atoms with Crippen molar-refractivity contribution in [1.29, 1.82) is 0 Å². The van der Waals surface area contributed by atoms with Crippen molar-refractivity contribution in [2.45, 2.75) is 52.0 Å². The Hall–Kier alpha value is -0.120. The molecular formula is C14H30N2O. The molecule has 0 aromatic rings. The number of hydrogen-bond donors (Lipinski definition) is 2. The topological polar surface area (TPSA) is 35.5 Å². The van der Waals surface area contributed by atoms with Gasteiger partial charge in [0, 0.05) is 25.7 Å². The molecule has 0 spiro atoms. The summed E-state index contributed by atoms with van der Waals surface area (Å²) in [5.41, 5.74) is 0.326. The summed E-state index contributed by atoms with van der Waals surface area (Å²) in [4.78, 5) is 2.52. The van der Waals surface area contributed by atoms with E-state index in [1.807, 2.05) is 7.05 Å². The van der Waals surface area contributed by atoms with Crippen LogP contribution in [0.4, 0.5) is 0 Å². The molecule has 0 aromatic heterocycles. The standard InChI is InChI=1S/C14H30N2O/c1-4-14(2,11-15-3)12-16(9-10-17)13-7-5-6-8-13/h13,15,17H,4-12H2,1-3H3. The first-order valence-electron chi connectivity index (χ1n) is 7.14. The number of aliphatic hydroxyl groups excluding tert-OH is 1. The van der Waals surface area contributed by atoms with Crippen molar-refractivity contribution in [1.82, 2.24) is 10.2 Å². The van der Waals surface area contributed by atoms with Crippen LogP contribution in [0, 0.1) is 5.41 Å². The van der Waals surface area contributed by atoms with Crippen LogP contribution in [0.3, 0.4) is 0 Å². The molecule has 1 unspecified atom stereocenters. The van der Waals surface area contributed by atoms with Gasteiger partial charge in [-0.25, -0.2) is 0 Å². The number of hydrogen-bond acceptors (Lipinski definition) is 3. The molecular weight excluding hydrogens is 212 g/mol. The Morgan fingerprint density at radius 1 is 1.35 bits per heavy atom. The van der Waals surface area contributed by atoms with E-state index in [-0.39, 0.29) is 6.61 Å². The molecule has 0 aliphatic heterocycles. The SMILES string of the molecule is CCC(C)(CNC)CN(CCO)C1CCCC1. The summed E-state index contributed by atoms with van der Waals surface area (Å²) in [6.45, 7) is 7.90. The van der Waals surface area contributed by atoms with Gasteiger partial charge >= 0.3 is 0 Å². The van der Waals surface area contributed by atoms with Gasteiger partial charge in [-0.3, -0.25) is 4.90 Å². The molecule has 1 fully saturated rings. The van der Waals surface area contributed by atoms with E-state index in [1.165, 1.54) is 32.1 Å². The summed E-state index contributed by atoms with van der Waals surface area (Å²) in [5, 5.41) is 12.5. The van der Waals surface area contributed by atoms with Crippen LogP contribution in [0.25, 0.3) is 0 Å². The molecule has 102 valence electrons. The van der Waals surface area contributed by atoms with Crippen LogP contribution < -0.4 is 5.32 Å². The van der Waals surface area contributed by atoms with Gasteiger partial charge in [-0.1, -0.05) is 26.7 Å². The molecule has 1 aliphatic carbocycles. The molecule has 1 saturated carbocycles. The summed E-state index contributed by atoms with van der Waals surface area (Å²) < 4.78 is 0. The van der Waals surface area contributed by atoms with E-state index in [0.717, 1.165) is 19.6 Å². The quantitative estimate of drug-likeness (QED) is 0.682. The van der Waals surface area contributed by atoms with Crippen LogP contribution in [0.5, 0.6) is 0 Å². The molecule has 3 nitrogen and oxygen atoms in total. The van der Waals surface area contributed by atoms with E-state index in [4.69, 9.17) is 0 Å². The lowest BCUT2D eigenvalue weighted by Crippen LogP contribution is -2.46. The second-order valence-electron chi connectivity index (χ2n) is 5.83. The minimum Gasteiger partial charge on any atom is -0.395 e. The third kappa shape index (κ3) is 4.57. The van der Waals surface area contributed by atoms with Gasteiger partial charge in [-0.15, -0.1) is 0 Å². The first-order chi connectivity index (χ1) is 8.15. The largest absolute Gasteiger partial charge is 0.395 e. The van der Waals surface area contributed by atoms with Crippen LogP contribution in [0.2, 0.25) is 0 Å². The zero-order valence-corrected chi connectivity index (χ0v) is 11.8. The zero-order chi connectivity index (χ0) is 12.7. The highest BCUT2D eigenvalue weighted by atomic mass is 16.3. The summed E-state index contributed by atoms with van der Waals surface area (Å²) in [6.07, 6.45) is 6.55. The fraction of sp³-hybridized carbons (Fsp3) is 1.00. The van der Waals surface area contributed by atoms with E-state index in [9.17, 15) is 5.11 Å². The lowest BCUT2D eigenvalue weighted by Gasteiger charge is -2.38. The monoisotopic (exact) mass is 242 g/mol. The maximum absolute atomic E-state index is 9.24. The smallest absolute Gasteiger partial charge is 0.0558 e. The van der Waals surface area contributed by atoms with Crippen molar-refractivity contribution in [3.63, 3.8) is 0 Å². The Morgan fingerprint density at radius 3 is 2.47 bits per heavy atom. The number of nitrogens with zero attached hydrogens (tertiary/aromatic N) is 1. The van der Waals surface area contributed by atoms with E-state index < -0.39 is 0 Å². The fourth-order valence-corrected chi connectivity index (χ4v) is 3.00. The normalized spacial score (nSPS) is 21.0. The Kier molecular flexibility index (Phi) is 6.45. The molecule has 3 heteroatoms. The summed E-state index contributed by atoms with van der Waals surface area (Å²) in [6, 6.07) is 0.713. The first-order valence-corrected chi connectivity index (χ1v) is 7.14. The van der Waals surface area contributed by atoms with E-state index >= 15 is 0 Å². The number of nitrogens with one attached hydrogen (secondary N) is 1. The minimum atomic E-state index is 0.288. The van der Waals surface area contributed by atoms with Gasteiger partial charge in [0.15, 0.2) is 0 Å². The first kappa shape index (κ1) is 14.9. The van der Waals surface area contributed by atoms with Gasteiger partial charge in [0.2, 0.25) is 0 Å². The van der Waals surface area contributed by atoms with E-state index in [2.05, 4.69) is 24.1 Å². The average molecular weight is 242 g/mol. The highest BCUT2D eigenvalue weighted by molar-refractivity contribution is 4.84. The Labute approximate surface area is 107 Å². The molecule has 0 saturated heterocycles. The van der Waals surface area contributed by atoms with Crippen LogP contribution in [0.15, 0.2) is 0 Å². The third-order valence-corrected chi connectivity index (χ3v) is 4.27. The van der Waals surface area contributed by atoms with Crippen LogP contribution in [-0.4, -0.2) is 49.3 Å². The number of rotatable bonds is 8. The summed E-state index contributed by atoms with van der Waals surface area (Å²) >= 11 is 0. The maximum atomic E-state index is 9.24. The number of aliphatic hydroxyl groups is 1. The lowest BCUT2D eigenvalue weighted by molar-refractivity contribution is 0.0940. The summed E-state index contributed by atoms with van der Waals surface area (Å²) in [7, 11) is 2.03. The molecule has 1 atom stereocenters. The van der Waals surface area contributed by atoms with Crippen molar-refractivity contribution < 1.29 is 5.11 Å². The molecule has 1 rings (SSSR count). The van der Waals surface area contributed by atoms with Gasteiger partial charge in [0.05, 0.1) is 6.61 Å². The van der Waals surface area contributed by atoms with Crippen LogP contribution >= 0.6 is 0 Å². The highest BCUT2D eigenvalue weighted by Gasteiger charge is 2.29. The second kappa shape index (κ2) is 7.34. The fourth-order valence-electron chi connectivity index (χ4n) is 3.00. The molecule has 0 bridgehead atoms. The zero-order valence-electron chi connectivity index (χ0n) is 11.8. The van der Waals surface area contributed by atoms with Crippen molar-refractivity contribution >= 4 is 0 Å². The Balaban J connectivity index is 2.56. The van der Waals surface area contributed by atoms with Crippen molar-refractivity contribution in [2.75, 3.05) is 33.3 Å². The molecule has 1 aliphatic rings. The predicted molar refractivity (Wildman–Crippen MR) is 73.2 cm³/mol. The van der Waals surface area contributed by atoms with Crippen molar-refractivity contribution in [3.8, 4) is 0 Å². The Bertz CT molecular complexity index is 204. The van der Waals surface area contributed by atoms with Crippen LogP contribution in [0.1, 0.15) is 46.0 Å². The molecule has 0 heterocycles. The third-order valence-electron chi connectivity index (χ3n) is 4.27. The molecule has 0 aromatic carbocycles. The molecule has 17 heavy (non-hydrogen) atoms. The second-order valence-corrected chi connectivity index (χ2v) is 5.83. The van der Waals surface area contributed by atoms with Gasteiger partial charge < -0.3 is 10.4 Å². The van der Waals surface area contributed by atoms with Gasteiger partial charge in [-0.2, -0.15) is 0 Å². The molecule has 0 amide bonds. The van der Waals surface area contributed by atoms with Crippen LogP contribution in [-0.2, 0) is 0 Å². The molecule has 0 radical (unpaired) electrons. The lowest BCUT2D eigenvalue weighted by atomic mass is 9.86. The van der Waals surface area contributed by atoms with Gasteiger partial charge in [0.25, 0.3) is 0 Å². The van der Waals surface area contributed by atoms with E-state index in [0.29, 0.717) is 11.5 Å². The Morgan fingerprint density at radius 2 is 2.00 bits per heavy atom. The highest BCUT2D eigenvalue weighted by Crippen LogP contribution is 2.28. The predicted octanol–water partition coefficient (Wildman–Crippen LogP) is 1.86. The van der Waals surface area contributed by atoms with Gasteiger partial charge in [-0.05, 0) is 31.7 Å². The van der Waals surface area contributed by atoms with E-state index in [1.54, 1.807) is 0 Å². The van der Waals surface area contributed by atoms with Crippen molar-refractivity contribution in [3.05, 3.63) is 0 Å². The average Bonchev–Trinajstić information content (AvgIpc) is 2.82. The molecule has 2 N–H and O–H groups in total. The maximum Gasteiger partial charge on any atom is 0.0558 e. The van der Waals surface area contributed by atoms with Gasteiger partial charge in [0.1, 0.15) is 0 Å². The van der Waals surface area contributed by atoms with Crippen molar-refractivity contribution in [2.24, 2.45) is 5.41 Å². The summed E-state index contributed by atoms with van der Waals surface area (Å²) in [5.74, 6) is 0.